The molecule has 0 aromatic heterocycles. The van der Waals surface area contributed by atoms with Crippen molar-refractivity contribution in [3.05, 3.63) is 39.4 Å². The summed E-state index contributed by atoms with van der Waals surface area (Å²) < 4.78 is 0. The van der Waals surface area contributed by atoms with Gasteiger partial charge in [0.2, 0.25) is 0 Å². The van der Waals surface area contributed by atoms with Gasteiger partial charge in [-0.1, -0.05) is 6.92 Å². The first-order valence-electron chi connectivity index (χ1n) is 7.77. The molecule has 23 heavy (non-hydrogen) atoms. The Bertz CT molecular complexity index is 558. The van der Waals surface area contributed by atoms with Crippen molar-refractivity contribution >= 4 is 24.0 Å². The largest absolute Gasteiger partial charge is 0.339 e. The molecule has 128 valence electrons. The predicted octanol–water partition coefficient (Wildman–Crippen LogP) is 2.79. The van der Waals surface area contributed by atoms with Gasteiger partial charge < -0.3 is 10.2 Å². The monoisotopic (exact) mass is 341 g/mol. The van der Waals surface area contributed by atoms with Crippen LogP contribution in [0.3, 0.4) is 0 Å². The Morgan fingerprint density at radius 3 is 2.57 bits per heavy atom. The van der Waals surface area contributed by atoms with Crippen LogP contribution in [0.4, 0.5) is 5.69 Å². The number of nitro groups is 1. The van der Waals surface area contributed by atoms with Gasteiger partial charge in [0.25, 0.3) is 11.6 Å². The van der Waals surface area contributed by atoms with Gasteiger partial charge in [0, 0.05) is 30.8 Å². The Morgan fingerprint density at radius 2 is 2.00 bits per heavy atom. The quantitative estimate of drug-likeness (QED) is 0.660. The van der Waals surface area contributed by atoms with Crippen molar-refractivity contribution in [3.63, 3.8) is 0 Å². The molecule has 6 nitrogen and oxygen atoms in total. The lowest BCUT2D eigenvalue weighted by molar-refractivity contribution is -0.384. The highest BCUT2D eigenvalue weighted by molar-refractivity contribution is 5.95. The molecule has 0 atom stereocenters. The van der Waals surface area contributed by atoms with Crippen LogP contribution in [0.25, 0.3) is 0 Å². The molecule has 0 saturated carbocycles. The summed E-state index contributed by atoms with van der Waals surface area (Å²) in [6.07, 6.45) is 1.96. The van der Waals surface area contributed by atoms with E-state index in [1.165, 1.54) is 12.1 Å². The minimum absolute atomic E-state index is 0. The van der Waals surface area contributed by atoms with E-state index in [4.69, 9.17) is 0 Å². The standard InChI is InChI=1S/C16H23N3O3.ClH/c1-3-17-11-13-4-6-18(7-5-13)16(20)14-8-12(2)9-15(10-14)19(21)22;/h8-10,13,17H,3-7,11H2,1-2H3;1H. The lowest BCUT2D eigenvalue weighted by atomic mass is 9.96. The molecular formula is C16H24ClN3O3. The molecule has 1 saturated heterocycles. The summed E-state index contributed by atoms with van der Waals surface area (Å²) >= 11 is 0. The molecule has 0 bridgehead atoms. The number of hydrogen-bond donors (Lipinski definition) is 1. The fourth-order valence-corrected chi connectivity index (χ4v) is 2.86. The highest BCUT2D eigenvalue weighted by Crippen LogP contribution is 2.22. The van der Waals surface area contributed by atoms with E-state index in [2.05, 4.69) is 12.2 Å². The van der Waals surface area contributed by atoms with Crippen LogP contribution in [0, 0.1) is 23.0 Å². The summed E-state index contributed by atoms with van der Waals surface area (Å²) in [5.41, 5.74) is 1.13. The number of rotatable bonds is 5. The molecule has 1 amide bonds. The number of non-ortho nitro benzene ring substituents is 1. The second-order valence-electron chi connectivity index (χ2n) is 5.86. The van der Waals surface area contributed by atoms with Gasteiger partial charge in [-0.3, -0.25) is 14.9 Å². The Hall–Kier alpha value is -1.66. The number of benzene rings is 1. The molecule has 1 aliphatic rings. The maximum atomic E-state index is 12.5. The Morgan fingerprint density at radius 1 is 1.35 bits per heavy atom. The number of halogens is 1. The van der Waals surface area contributed by atoms with Crippen molar-refractivity contribution < 1.29 is 9.72 Å². The fourth-order valence-electron chi connectivity index (χ4n) is 2.86. The molecule has 1 aliphatic heterocycles. The van der Waals surface area contributed by atoms with E-state index in [1.54, 1.807) is 17.9 Å². The molecule has 1 N–H and O–H groups in total. The number of nitrogens with one attached hydrogen (secondary N) is 1. The van der Waals surface area contributed by atoms with Gasteiger partial charge in [-0.05, 0) is 50.4 Å². The molecule has 2 rings (SSSR count). The zero-order valence-electron chi connectivity index (χ0n) is 13.6. The average molecular weight is 342 g/mol. The van der Waals surface area contributed by atoms with Crippen LogP contribution in [0.1, 0.15) is 35.7 Å². The van der Waals surface area contributed by atoms with Crippen molar-refractivity contribution in [1.82, 2.24) is 10.2 Å². The van der Waals surface area contributed by atoms with Gasteiger partial charge in [-0.2, -0.15) is 0 Å². The third-order valence-corrected chi connectivity index (χ3v) is 4.10. The van der Waals surface area contributed by atoms with Crippen LogP contribution < -0.4 is 5.32 Å². The third-order valence-electron chi connectivity index (χ3n) is 4.10. The topological polar surface area (TPSA) is 75.5 Å². The SMILES string of the molecule is CCNCC1CCN(C(=O)c2cc(C)cc([N+](=O)[O-])c2)CC1.Cl. The van der Waals surface area contributed by atoms with Crippen LogP contribution in [-0.2, 0) is 0 Å². The Labute approximate surface area is 142 Å². The first-order valence-corrected chi connectivity index (χ1v) is 7.77. The molecule has 0 unspecified atom stereocenters. The molecule has 1 aromatic carbocycles. The van der Waals surface area contributed by atoms with Crippen molar-refractivity contribution in [2.24, 2.45) is 5.92 Å². The maximum absolute atomic E-state index is 12.5. The van der Waals surface area contributed by atoms with Crippen molar-refractivity contribution in [2.75, 3.05) is 26.2 Å². The minimum Gasteiger partial charge on any atom is -0.339 e. The fraction of sp³-hybridized carbons (Fsp3) is 0.562. The summed E-state index contributed by atoms with van der Waals surface area (Å²) in [5, 5.41) is 14.3. The second-order valence-corrected chi connectivity index (χ2v) is 5.86. The van der Waals surface area contributed by atoms with Crippen molar-refractivity contribution in [3.8, 4) is 0 Å². The minimum atomic E-state index is -0.452. The normalized spacial score (nSPS) is 15.1. The number of carbonyl (C=O) groups is 1. The molecule has 0 aliphatic carbocycles. The Balaban J connectivity index is 0.00000264. The predicted molar refractivity (Wildman–Crippen MR) is 92.3 cm³/mol. The number of nitrogens with zero attached hydrogens (tertiary/aromatic N) is 2. The number of nitro benzene ring substituents is 1. The van der Waals surface area contributed by atoms with E-state index in [0.29, 0.717) is 11.5 Å². The van der Waals surface area contributed by atoms with E-state index < -0.39 is 4.92 Å². The van der Waals surface area contributed by atoms with Gasteiger partial charge in [0.15, 0.2) is 0 Å². The highest BCUT2D eigenvalue weighted by Gasteiger charge is 2.24. The smallest absolute Gasteiger partial charge is 0.270 e. The molecule has 1 aromatic rings. The first kappa shape index (κ1) is 19.4. The molecule has 7 heteroatoms. The van der Waals surface area contributed by atoms with Crippen LogP contribution in [0.15, 0.2) is 18.2 Å². The number of hydrogen-bond acceptors (Lipinski definition) is 4. The van der Waals surface area contributed by atoms with E-state index in [9.17, 15) is 14.9 Å². The highest BCUT2D eigenvalue weighted by atomic mass is 35.5. The molecule has 1 fully saturated rings. The Kier molecular flexibility index (Phi) is 7.45. The first-order chi connectivity index (χ1) is 10.5. The number of likely N-dealkylation sites (tertiary alicyclic amines) is 1. The zero-order chi connectivity index (χ0) is 16.1. The zero-order valence-corrected chi connectivity index (χ0v) is 14.4. The average Bonchev–Trinajstić information content (AvgIpc) is 2.52. The molecule has 1 heterocycles. The van der Waals surface area contributed by atoms with Gasteiger partial charge in [-0.15, -0.1) is 12.4 Å². The lowest BCUT2D eigenvalue weighted by Crippen LogP contribution is -2.40. The summed E-state index contributed by atoms with van der Waals surface area (Å²) in [7, 11) is 0. The molecular weight excluding hydrogens is 318 g/mol. The van der Waals surface area contributed by atoms with Gasteiger partial charge in [0.1, 0.15) is 0 Å². The van der Waals surface area contributed by atoms with E-state index in [0.717, 1.165) is 44.6 Å². The second kappa shape index (κ2) is 8.84. The van der Waals surface area contributed by atoms with Crippen LogP contribution >= 0.6 is 12.4 Å². The van der Waals surface area contributed by atoms with E-state index in [1.807, 2.05) is 0 Å². The summed E-state index contributed by atoms with van der Waals surface area (Å²) in [6, 6.07) is 4.58. The van der Waals surface area contributed by atoms with Gasteiger partial charge in [-0.25, -0.2) is 0 Å². The van der Waals surface area contributed by atoms with Crippen LogP contribution in [0.5, 0.6) is 0 Å². The maximum Gasteiger partial charge on any atom is 0.270 e. The summed E-state index contributed by atoms with van der Waals surface area (Å²) in [5.74, 6) is 0.504. The summed E-state index contributed by atoms with van der Waals surface area (Å²) in [6.45, 7) is 7.25. The number of aryl methyl sites for hydroxylation is 1. The van der Waals surface area contributed by atoms with Crippen LogP contribution in [-0.4, -0.2) is 41.9 Å². The van der Waals surface area contributed by atoms with Crippen LogP contribution in [0.2, 0.25) is 0 Å². The third kappa shape index (κ3) is 5.18. The summed E-state index contributed by atoms with van der Waals surface area (Å²) in [4.78, 5) is 24.8. The number of amides is 1. The van der Waals surface area contributed by atoms with Crippen molar-refractivity contribution in [1.29, 1.82) is 0 Å². The molecule has 0 spiro atoms. The van der Waals surface area contributed by atoms with E-state index in [-0.39, 0.29) is 24.0 Å². The van der Waals surface area contributed by atoms with Gasteiger partial charge in [0.05, 0.1) is 4.92 Å². The number of piperidine rings is 1. The van der Waals surface area contributed by atoms with Crippen molar-refractivity contribution in [2.45, 2.75) is 26.7 Å². The number of carbonyl (C=O) groups excluding carboxylic acids is 1. The molecule has 0 radical (unpaired) electrons. The van der Waals surface area contributed by atoms with E-state index >= 15 is 0 Å². The van der Waals surface area contributed by atoms with Gasteiger partial charge >= 0.3 is 0 Å². The lowest BCUT2D eigenvalue weighted by Gasteiger charge is -2.32.